The second-order valence-electron chi connectivity index (χ2n) is 14.2. The predicted octanol–water partition coefficient (Wildman–Crippen LogP) is 7.25. The van der Waals surface area contributed by atoms with Gasteiger partial charge in [0.2, 0.25) is 0 Å². The first-order chi connectivity index (χ1) is 14.9. The number of allylic oxidation sites excluding steroid dienone is 1. The van der Waals surface area contributed by atoms with E-state index in [1.54, 1.807) is 0 Å². The van der Waals surface area contributed by atoms with Crippen LogP contribution in [0.4, 0.5) is 0 Å². The van der Waals surface area contributed by atoms with Crippen LogP contribution in [0, 0.1) is 51.2 Å². The molecule has 0 radical (unpaired) electrons. The van der Waals surface area contributed by atoms with Crippen LogP contribution in [0.15, 0.2) is 12.2 Å². The maximum Gasteiger partial charge on any atom is 0.107 e. The molecule has 10 atom stereocenters. The second-order valence-corrected chi connectivity index (χ2v) is 14.2. The van der Waals surface area contributed by atoms with E-state index in [0.29, 0.717) is 40.4 Å². The van der Waals surface area contributed by atoms with Crippen LogP contribution < -0.4 is 0 Å². The van der Waals surface area contributed by atoms with Gasteiger partial charge in [0.1, 0.15) is 5.60 Å². The molecule has 5 saturated carbocycles. The lowest BCUT2D eigenvalue weighted by Crippen LogP contribution is -2.67. The standard InChI is InChI=1S/C29H48O3/c1-18(2)19-10-15-29(32-31)17-16-27(6)20(24(19)29)8-9-22-26(5)13-12-23(30)25(3,4)21(26)11-14-28(22,27)7/h19-24,30-31H,1,8-17H2,2-7H3/t19-,20+,21-,22+,23-,24+,26-,27+,28+,29-/m0/s1. The maximum absolute atomic E-state index is 10.9. The zero-order valence-corrected chi connectivity index (χ0v) is 21.5. The molecule has 32 heavy (non-hydrogen) atoms. The highest BCUT2D eigenvalue weighted by molar-refractivity contribution is 5.22. The molecular weight excluding hydrogens is 396 g/mol. The Balaban J connectivity index is 1.55. The molecule has 5 aliphatic carbocycles. The van der Waals surface area contributed by atoms with E-state index in [2.05, 4.69) is 48.1 Å². The van der Waals surface area contributed by atoms with Crippen LogP contribution in [-0.2, 0) is 4.89 Å². The molecule has 0 unspecified atom stereocenters. The van der Waals surface area contributed by atoms with E-state index in [1.807, 2.05) is 0 Å². The van der Waals surface area contributed by atoms with E-state index in [-0.39, 0.29) is 22.5 Å². The Labute approximate surface area is 196 Å². The van der Waals surface area contributed by atoms with Crippen LogP contribution in [0.25, 0.3) is 0 Å². The third-order valence-corrected chi connectivity index (χ3v) is 13.2. The Morgan fingerprint density at radius 2 is 1.53 bits per heavy atom. The largest absolute Gasteiger partial charge is 0.393 e. The molecule has 2 N–H and O–H groups in total. The van der Waals surface area contributed by atoms with E-state index < -0.39 is 0 Å². The van der Waals surface area contributed by atoms with Gasteiger partial charge in [-0.2, -0.15) is 0 Å². The summed E-state index contributed by atoms with van der Waals surface area (Å²) in [7, 11) is 0. The molecule has 5 fully saturated rings. The van der Waals surface area contributed by atoms with Crippen molar-refractivity contribution >= 4 is 0 Å². The summed E-state index contributed by atoms with van der Waals surface area (Å²) in [6.45, 7) is 19.1. The van der Waals surface area contributed by atoms with Gasteiger partial charge in [-0.1, -0.05) is 46.8 Å². The molecule has 0 bridgehead atoms. The molecule has 0 aromatic carbocycles. The van der Waals surface area contributed by atoms with Crippen molar-refractivity contribution in [3.05, 3.63) is 12.2 Å². The van der Waals surface area contributed by atoms with Crippen LogP contribution in [0.5, 0.6) is 0 Å². The van der Waals surface area contributed by atoms with Crippen LogP contribution >= 0.6 is 0 Å². The fourth-order valence-corrected chi connectivity index (χ4v) is 11.2. The first-order valence-corrected chi connectivity index (χ1v) is 13.5. The maximum atomic E-state index is 10.9. The molecule has 0 aliphatic heterocycles. The molecule has 5 rings (SSSR count). The number of fused-ring (bicyclic) bond motifs is 7. The van der Waals surface area contributed by atoms with E-state index in [9.17, 15) is 10.4 Å². The van der Waals surface area contributed by atoms with E-state index in [1.165, 1.54) is 37.7 Å². The SMILES string of the molecule is C=C(C)[C@@H]1CC[C@]2(OO)CC[C@]3(C)[C@H](CC[C@@H]4[C@@]5(C)CC[C@H](O)C(C)(C)[C@@H]5CC[C@]43C)[C@@H]12. The number of aliphatic hydroxyl groups is 1. The van der Waals surface area contributed by atoms with Crippen molar-refractivity contribution in [3.63, 3.8) is 0 Å². The molecule has 0 heterocycles. The Kier molecular flexibility index (Phi) is 5.17. The highest BCUT2D eigenvalue weighted by Crippen LogP contribution is 2.76. The Morgan fingerprint density at radius 3 is 2.19 bits per heavy atom. The summed E-state index contributed by atoms with van der Waals surface area (Å²) in [6, 6.07) is 0. The summed E-state index contributed by atoms with van der Waals surface area (Å²) < 4.78 is 0. The fourth-order valence-electron chi connectivity index (χ4n) is 11.2. The fraction of sp³-hybridized carbons (Fsp3) is 0.931. The Morgan fingerprint density at radius 1 is 0.812 bits per heavy atom. The van der Waals surface area contributed by atoms with Crippen molar-refractivity contribution in [2.75, 3.05) is 0 Å². The van der Waals surface area contributed by atoms with Crippen molar-refractivity contribution < 1.29 is 15.3 Å². The summed E-state index contributed by atoms with van der Waals surface area (Å²) in [6.07, 6.45) is 11.3. The smallest absolute Gasteiger partial charge is 0.107 e. The van der Waals surface area contributed by atoms with Gasteiger partial charge in [0, 0.05) is 5.92 Å². The molecule has 3 nitrogen and oxygen atoms in total. The molecule has 0 aromatic heterocycles. The van der Waals surface area contributed by atoms with Gasteiger partial charge in [0.15, 0.2) is 0 Å². The number of aliphatic hydroxyl groups excluding tert-OH is 1. The molecule has 5 aliphatic rings. The van der Waals surface area contributed by atoms with Gasteiger partial charge in [-0.3, -0.25) is 5.26 Å². The van der Waals surface area contributed by atoms with Crippen molar-refractivity contribution in [1.29, 1.82) is 0 Å². The Hall–Kier alpha value is -0.380. The van der Waals surface area contributed by atoms with Crippen molar-refractivity contribution in [3.8, 4) is 0 Å². The number of hydrogen-bond acceptors (Lipinski definition) is 3. The lowest BCUT2D eigenvalue weighted by molar-refractivity contribution is -0.361. The highest BCUT2D eigenvalue weighted by atomic mass is 17.1. The minimum atomic E-state index is -0.352. The first kappa shape index (κ1) is 23.4. The van der Waals surface area contributed by atoms with E-state index in [0.717, 1.165) is 32.1 Å². The molecular formula is C29H48O3. The first-order valence-electron chi connectivity index (χ1n) is 13.5. The van der Waals surface area contributed by atoms with Crippen LogP contribution in [-0.4, -0.2) is 22.1 Å². The average molecular weight is 445 g/mol. The molecule has 182 valence electrons. The second kappa shape index (κ2) is 7.08. The Bertz CT molecular complexity index is 789. The van der Waals surface area contributed by atoms with Crippen molar-refractivity contribution in [1.82, 2.24) is 0 Å². The van der Waals surface area contributed by atoms with Crippen molar-refractivity contribution in [2.24, 2.45) is 51.2 Å². The monoisotopic (exact) mass is 444 g/mol. The summed E-state index contributed by atoms with van der Waals surface area (Å²) in [5.74, 6) is 2.79. The normalized spacial score (nSPS) is 56.5. The minimum Gasteiger partial charge on any atom is -0.393 e. The minimum absolute atomic E-state index is 0.00896. The van der Waals surface area contributed by atoms with E-state index in [4.69, 9.17) is 4.89 Å². The third-order valence-electron chi connectivity index (χ3n) is 13.2. The van der Waals surface area contributed by atoms with Gasteiger partial charge in [0.05, 0.1) is 6.10 Å². The van der Waals surface area contributed by atoms with Gasteiger partial charge in [-0.05, 0) is 116 Å². The number of hydrogen-bond donors (Lipinski definition) is 2. The zero-order valence-electron chi connectivity index (χ0n) is 21.5. The summed E-state index contributed by atoms with van der Waals surface area (Å²) >= 11 is 0. The number of rotatable bonds is 2. The summed E-state index contributed by atoms with van der Waals surface area (Å²) in [4.78, 5) is 5.42. The molecule has 0 saturated heterocycles. The lowest BCUT2D eigenvalue weighted by atomic mass is 9.33. The summed E-state index contributed by atoms with van der Waals surface area (Å²) in [5.41, 5.74) is 1.83. The van der Waals surface area contributed by atoms with Crippen molar-refractivity contribution in [2.45, 2.75) is 117 Å². The quantitative estimate of drug-likeness (QED) is 0.268. The van der Waals surface area contributed by atoms with Gasteiger partial charge >= 0.3 is 0 Å². The predicted molar refractivity (Wildman–Crippen MR) is 129 cm³/mol. The van der Waals surface area contributed by atoms with Gasteiger partial charge in [0.25, 0.3) is 0 Å². The van der Waals surface area contributed by atoms with Gasteiger partial charge < -0.3 is 5.11 Å². The van der Waals surface area contributed by atoms with Gasteiger partial charge in [-0.25, -0.2) is 4.89 Å². The van der Waals surface area contributed by atoms with Gasteiger partial charge in [-0.15, -0.1) is 0 Å². The zero-order chi connectivity index (χ0) is 23.3. The third kappa shape index (κ3) is 2.65. The molecule has 0 spiro atoms. The topological polar surface area (TPSA) is 49.7 Å². The van der Waals surface area contributed by atoms with Crippen LogP contribution in [0.1, 0.15) is 106 Å². The van der Waals surface area contributed by atoms with E-state index >= 15 is 0 Å². The molecule has 3 heteroatoms. The highest BCUT2D eigenvalue weighted by Gasteiger charge is 2.71. The molecule has 0 amide bonds. The summed E-state index contributed by atoms with van der Waals surface area (Å²) in [5, 5.41) is 21.0. The lowest BCUT2D eigenvalue weighted by Gasteiger charge is -2.72. The van der Waals surface area contributed by atoms with Crippen LogP contribution in [0.2, 0.25) is 0 Å². The average Bonchev–Trinajstić information content (AvgIpc) is 3.12. The van der Waals surface area contributed by atoms with Crippen LogP contribution in [0.3, 0.4) is 0 Å². The molecule has 0 aromatic rings.